The fourth-order valence-corrected chi connectivity index (χ4v) is 2.59. The van der Waals surface area contributed by atoms with Gasteiger partial charge in [-0.25, -0.2) is 5.43 Å². The number of hydrogen-bond donors (Lipinski definition) is 1. The molecule has 0 radical (unpaired) electrons. The number of carbonyl (C=O) groups excluding carboxylic acids is 1. The van der Waals surface area contributed by atoms with Crippen molar-refractivity contribution in [3.05, 3.63) is 41.5 Å². The van der Waals surface area contributed by atoms with Gasteiger partial charge in [0.1, 0.15) is 11.8 Å². The van der Waals surface area contributed by atoms with Crippen LogP contribution in [0, 0.1) is 23.2 Å². The second kappa shape index (κ2) is 8.14. The number of nitrogens with one attached hydrogen (secondary N) is 1. The Morgan fingerprint density at radius 2 is 2.30 bits per heavy atom. The zero-order chi connectivity index (χ0) is 16.7. The highest BCUT2D eigenvalue weighted by atomic mass is 16.5. The molecule has 120 valence electrons. The lowest BCUT2D eigenvalue weighted by Gasteiger charge is -2.24. The summed E-state index contributed by atoms with van der Waals surface area (Å²) in [5, 5.41) is 13.0. The van der Waals surface area contributed by atoms with Gasteiger partial charge in [0.15, 0.2) is 6.61 Å². The van der Waals surface area contributed by atoms with E-state index in [4.69, 9.17) is 10.00 Å². The van der Waals surface area contributed by atoms with Crippen LogP contribution in [0.25, 0.3) is 0 Å². The monoisotopic (exact) mass is 311 g/mol. The van der Waals surface area contributed by atoms with E-state index in [9.17, 15) is 4.79 Å². The number of hydrogen-bond acceptors (Lipinski definition) is 4. The van der Waals surface area contributed by atoms with Crippen LogP contribution in [-0.4, -0.2) is 18.7 Å². The molecule has 0 saturated carbocycles. The molecule has 0 fully saturated rings. The fraction of sp³-hybridized carbons (Fsp3) is 0.389. The number of amides is 1. The van der Waals surface area contributed by atoms with E-state index in [1.54, 1.807) is 30.5 Å². The molecule has 0 heterocycles. The molecule has 0 saturated heterocycles. The molecule has 2 atom stereocenters. The van der Waals surface area contributed by atoms with Gasteiger partial charge in [0.25, 0.3) is 5.91 Å². The van der Waals surface area contributed by atoms with Gasteiger partial charge >= 0.3 is 0 Å². The molecule has 5 heteroatoms. The first-order valence-electron chi connectivity index (χ1n) is 7.69. The van der Waals surface area contributed by atoms with Gasteiger partial charge in [-0.1, -0.05) is 30.7 Å². The summed E-state index contributed by atoms with van der Waals surface area (Å²) < 4.78 is 5.35. The van der Waals surface area contributed by atoms with E-state index in [2.05, 4.69) is 30.5 Å². The number of ether oxygens (including phenoxy) is 1. The second-order valence-corrected chi connectivity index (χ2v) is 5.84. The van der Waals surface area contributed by atoms with Crippen LogP contribution in [0.1, 0.15) is 32.3 Å². The third-order valence-corrected chi connectivity index (χ3v) is 3.93. The molecule has 0 aliphatic heterocycles. The minimum Gasteiger partial charge on any atom is -0.482 e. The summed E-state index contributed by atoms with van der Waals surface area (Å²) in [4.78, 5) is 11.7. The molecule has 5 nitrogen and oxygen atoms in total. The minimum absolute atomic E-state index is 0.171. The van der Waals surface area contributed by atoms with Crippen molar-refractivity contribution < 1.29 is 9.53 Å². The van der Waals surface area contributed by atoms with Gasteiger partial charge in [-0.3, -0.25) is 4.79 Å². The van der Waals surface area contributed by atoms with E-state index in [0.717, 1.165) is 12.8 Å². The lowest BCUT2D eigenvalue weighted by molar-refractivity contribution is -0.123. The molecule has 0 aromatic heterocycles. The smallest absolute Gasteiger partial charge is 0.277 e. The predicted octanol–water partition coefficient (Wildman–Crippen LogP) is 3.03. The maximum absolute atomic E-state index is 11.7. The van der Waals surface area contributed by atoms with E-state index in [-0.39, 0.29) is 12.5 Å². The molecule has 1 aliphatic carbocycles. The Balaban J connectivity index is 1.79. The second-order valence-electron chi connectivity index (χ2n) is 5.84. The molecular weight excluding hydrogens is 290 g/mol. The van der Waals surface area contributed by atoms with Crippen molar-refractivity contribution in [2.45, 2.75) is 26.7 Å². The Labute approximate surface area is 136 Å². The summed E-state index contributed by atoms with van der Waals surface area (Å²) in [7, 11) is 0. The van der Waals surface area contributed by atoms with Crippen LogP contribution >= 0.6 is 0 Å². The Morgan fingerprint density at radius 1 is 1.52 bits per heavy atom. The maximum Gasteiger partial charge on any atom is 0.277 e. The van der Waals surface area contributed by atoms with Crippen molar-refractivity contribution in [3.8, 4) is 11.8 Å². The average Bonchev–Trinajstić information content (AvgIpc) is 2.55. The largest absolute Gasteiger partial charge is 0.482 e. The highest BCUT2D eigenvalue weighted by Gasteiger charge is 2.18. The number of benzene rings is 1. The maximum atomic E-state index is 11.7. The first-order chi connectivity index (χ1) is 11.1. The van der Waals surface area contributed by atoms with Crippen molar-refractivity contribution >= 4 is 12.1 Å². The van der Waals surface area contributed by atoms with Crippen molar-refractivity contribution in [2.24, 2.45) is 16.9 Å². The van der Waals surface area contributed by atoms with E-state index in [1.165, 1.54) is 5.57 Å². The summed E-state index contributed by atoms with van der Waals surface area (Å²) in [5.74, 6) is 0.929. The molecule has 23 heavy (non-hydrogen) atoms. The molecule has 0 spiro atoms. The van der Waals surface area contributed by atoms with E-state index >= 15 is 0 Å². The minimum atomic E-state index is -0.343. The van der Waals surface area contributed by atoms with Crippen LogP contribution in [0.4, 0.5) is 0 Å². The van der Waals surface area contributed by atoms with Gasteiger partial charge in [0.05, 0.1) is 5.56 Å². The third-order valence-electron chi connectivity index (χ3n) is 3.93. The number of nitriles is 1. The molecule has 1 amide bonds. The van der Waals surface area contributed by atoms with Crippen LogP contribution < -0.4 is 10.2 Å². The number of hydrazone groups is 1. The van der Waals surface area contributed by atoms with Crippen LogP contribution in [0.2, 0.25) is 0 Å². The summed E-state index contributed by atoms with van der Waals surface area (Å²) in [6, 6.07) is 8.83. The summed E-state index contributed by atoms with van der Waals surface area (Å²) in [5.41, 5.74) is 4.29. The molecule has 0 bridgehead atoms. The number of nitrogens with zero attached hydrogens (tertiary/aromatic N) is 2. The highest BCUT2D eigenvalue weighted by Crippen LogP contribution is 2.27. The Morgan fingerprint density at radius 3 is 3.04 bits per heavy atom. The van der Waals surface area contributed by atoms with Gasteiger partial charge < -0.3 is 4.74 Å². The number of rotatable bonds is 5. The SMILES string of the molecule is CC1=CC[C@@H](C=NNC(=O)COc2ccccc2C#N)[C@@H](C)C1. The quantitative estimate of drug-likeness (QED) is 0.516. The van der Waals surface area contributed by atoms with Gasteiger partial charge in [-0.2, -0.15) is 10.4 Å². The van der Waals surface area contributed by atoms with Gasteiger partial charge in [0.2, 0.25) is 0 Å². The summed E-state index contributed by atoms with van der Waals surface area (Å²) >= 11 is 0. The normalized spacial score (nSPS) is 20.7. The van der Waals surface area contributed by atoms with Crippen molar-refractivity contribution in [1.29, 1.82) is 5.26 Å². The lowest BCUT2D eigenvalue weighted by atomic mass is 9.82. The number of para-hydroxylation sites is 1. The number of carbonyl (C=O) groups is 1. The lowest BCUT2D eigenvalue weighted by Crippen LogP contribution is -2.26. The number of allylic oxidation sites excluding steroid dienone is 2. The van der Waals surface area contributed by atoms with Crippen molar-refractivity contribution in [1.82, 2.24) is 5.43 Å². The van der Waals surface area contributed by atoms with E-state index in [1.807, 2.05) is 6.07 Å². The average molecular weight is 311 g/mol. The molecule has 1 N–H and O–H groups in total. The van der Waals surface area contributed by atoms with E-state index in [0.29, 0.717) is 23.1 Å². The molecule has 2 rings (SSSR count). The highest BCUT2D eigenvalue weighted by molar-refractivity contribution is 5.78. The molecule has 1 aromatic carbocycles. The zero-order valence-electron chi connectivity index (χ0n) is 13.5. The van der Waals surface area contributed by atoms with E-state index < -0.39 is 0 Å². The molecule has 1 aliphatic rings. The van der Waals surface area contributed by atoms with Gasteiger partial charge in [-0.15, -0.1) is 0 Å². The molecule has 0 unspecified atom stereocenters. The molecule has 1 aromatic rings. The van der Waals surface area contributed by atoms with Crippen LogP contribution in [0.5, 0.6) is 5.75 Å². The summed E-state index contributed by atoms with van der Waals surface area (Å²) in [6.45, 7) is 4.16. The Bertz CT molecular complexity index is 658. The Kier molecular flexibility index (Phi) is 5.93. The van der Waals surface area contributed by atoms with Crippen LogP contribution in [0.3, 0.4) is 0 Å². The first kappa shape index (κ1) is 16.8. The third kappa shape index (κ3) is 4.96. The van der Waals surface area contributed by atoms with Gasteiger partial charge in [0, 0.05) is 12.1 Å². The topological polar surface area (TPSA) is 74.5 Å². The zero-order valence-corrected chi connectivity index (χ0v) is 13.5. The summed E-state index contributed by atoms with van der Waals surface area (Å²) in [6.07, 6.45) is 6.05. The van der Waals surface area contributed by atoms with Crippen molar-refractivity contribution in [2.75, 3.05) is 6.61 Å². The standard InChI is InChI=1S/C18H21N3O2/c1-13-7-8-16(14(2)9-13)11-20-21-18(22)12-23-17-6-4-3-5-15(17)10-19/h3-7,11,14,16H,8-9,12H2,1-2H3,(H,21,22)/t14-,16-/m0/s1. The fourth-order valence-electron chi connectivity index (χ4n) is 2.59. The predicted molar refractivity (Wildman–Crippen MR) is 88.9 cm³/mol. The molecular formula is C18H21N3O2. The van der Waals surface area contributed by atoms with Gasteiger partial charge in [-0.05, 0) is 37.8 Å². The Hall–Kier alpha value is -2.61. The van der Waals surface area contributed by atoms with Crippen LogP contribution in [0.15, 0.2) is 41.0 Å². The first-order valence-corrected chi connectivity index (χ1v) is 7.69. The van der Waals surface area contributed by atoms with Crippen LogP contribution in [-0.2, 0) is 4.79 Å². The van der Waals surface area contributed by atoms with Crippen molar-refractivity contribution in [3.63, 3.8) is 0 Å².